The first kappa shape index (κ1) is 11.9. The maximum absolute atomic E-state index is 4.51. The quantitative estimate of drug-likeness (QED) is 0.738. The van der Waals surface area contributed by atoms with Crippen LogP contribution in [0.15, 0.2) is 22.8 Å². The van der Waals surface area contributed by atoms with Crippen LogP contribution < -0.4 is 4.90 Å². The fourth-order valence-electron chi connectivity index (χ4n) is 2.17. The molecule has 2 unspecified atom stereocenters. The Hall–Kier alpha value is -0.610. The SMILES string of the molecule is CC1CN(c2cccc(Br)n2)CC(C)N1C. The topological polar surface area (TPSA) is 19.4 Å². The van der Waals surface area contributed by atoms with Crippen LogP contribution in [-0.2, 0) is 0 Å². The highest BCUT2D eigenvalue weighted by Crippen LogP contribution is 2.20. The lowest BCUT2D eigenvalue weighted by atomic mass is 10.1. The second-order valence-corrected chi connectivity index (χ2v) is 5.40. The first-order chi connectivity index (χ1) is 7.58. The molecule has 0 aliphatic carbocycles. The van der Waals surface area contributed by atoms with Crippen LogP contribution in [0.3, 0.4) is 0 Å². The molecule has 0 aromatic carbocycles. The monoisotopic (exact) mass is 283 g/mol. The maximum Gasteiger partial charge on any atom is 0.129 e. The standard InChI is InChI=1S/C12H18BrN3/c1-9-7-16(8-10(2)15(9)3)12-6-4-5-11(13)14-12/h4-6,9-10H,7-8H2,1-3H3. The normalized spacial score (nSPS) is 27.1. The van der Waals surface area contributed by atoms with Crippen molar-refractivity contribution in [3.63, 3.8) is 0 Å². The summed E-state index contributed by atoms with van der Waals surface area (Å²) in [4.78, 5) is 9.30. The number of aromatic nitrogens is 1. The van der Waals surface area contributed by atoms with Crippen molar-refractivity contribution in [2.75, 3.05) is 25.0 Å². The van der Waals surface area contributed by atoms with Crippen LogP contribution in [0.4, 0.5) is 5.82 Å². The van der Waals surface area contributed by atoms with Crippen LogP contribution in [0.2, 0.25) is 0 Å². The molecule has 2 rings (SSSR count). The van der Waals surface area contributed by atoms with Crippen LogP contribution >= 0.6 is 15.9 Å². The summed E-state index contributed by atoms with van der Waals surface area (Å²) in [6, 6.07) is 7.23. The van der Waals surface area contributed by atoms with Gasteiger partial charge in [0, 0.05) is 25.2 Å². The van der Waals surface area contributed by atoms with Crippen molar-refractivity contribution >= 4 is 21.7 Å². The van der Waals surface area contributed by atoms with Crippen LogP contribution in [0, 0.1) is 0 Å². The minimum atomic E-state index is 0.574. The summed E-state index contributed by atoms with van der Waals surface area (Å²) in [6.45, 7) is 6.62. The molecule has 1 fully saturated rings. The molecule has 0 radical (unpaired) electrons. The van der Waals surface area contributed by atoms with Gasteiger partial charge in [-0.25, -0.2) is 4.98 Å². The van der Waals surface area contributed by atoms with Gasteiger partial charge in [0.1, 0.15) is 10.4 Å². The Morgan fingerprint density at radius 2 is 1.88 bits per heavy atom. The van der Waals surface area contributed by atoms with Gasteiger partial charge in [-0.05, 0) is 49.0 Å². The van der Waals surface area contributed by atoms with Gasteiger partial charge >= 0.3 is 0 Å². The van der Waals surface area contributed by atoms with E-state index >= 15 is 0 Å². The number of halogens is 1. The van der Waals surface area contributed by atoms with Gasteiger partial charge in [-0.15, -0.1) is 0 Å². The number of nitrogens with zero attached hydrogens (tertiary/aromatic N) is 3. The smallest absolute Gasteiger partial charge is 0.129 e. The van der Waals surface area contributed by atoms with E-state index in [4.69, 9.17) is 0 Å². The summed E-state index contributed by atoms with van der Waals surface area (Å²) in [6.07, 6.45) is 0. The number of anilines is 1. The molecule has 1 aliphatic heterocycles. The molecule has 1 aromatic rings. The minimum Gasteiger partial charge on any atom is -0.353 e. The van der Waals surface area contributed by atoms with E-state index < -0.39 is 0 Å². The van der Waals surface area contributed by atoms with Gasteiger partial charge in [0.25, 0.3) is 0 Å². The molecule has 1 aliphatic rings. The molecule has 88 valence electrons. The summed E-state index contributed by atoms with van der Waals surface area (Å²) >= 11 is 3.42. The first-order valence-electron chi connectivity index (χ1n) is 5.67. The second-order valence-electron chi connectivity index (χ2n) is 4.59. The minimum absolute atomic E-state index is 0.574. The van der Waals surface area contributed by atoms with Crippen LogP contribution in [0.25, 0.3) is 0 Å². The van der Waals surface area contributed by atoms with Crippen molar-refractivity contribution in [3.8, 4) is 0 Å². The van der Waals surface area contributed by atoms with Gasteiger partial charge in [-0.1, -0.05) is 6.07 Å². The largest absolute Gasteiger partial charge is 0.353 e. The molecular formula is C12H18BrN3. The Balaban J connectivity index is 2.17. The summed E-state index contributed by atoms with van der Waals surface area (Å²) in [7, 11) is 2.20. The summed E-state index contributed by atoms with van der Waals surface area (Å²) in [5, 5.41) is 0. The summed E-state index contributed by atoms with van der Waals surface area (Å²) in [5.74, 6) is 1.07. The average molecular weight is 284 g/mol. The molecule has 2 heterocycles. The van der Waals surface area contributed by atoms with Gasteiger partial charge < -0.3 is 4.90 Å². The first-order valence-corrected chi connectivity index (χ1v) is 6.46. The molecule has 4 heteroatoms. The Labute approximate surface area is 106 Å². The fraction of sp³-hybridized carbons (Fsp3) is 0.583. The Bertz CT molecular complexity index is 357. The van der Waals surface area contributed by atoms with Crippen molar-refractivity contribution in [1.29, 1.82) is 0 Å². The maximum atomic E-state index is 4.51. The second kappa shape index (κ2) is 4.72. The molecule has 0 bridgehead atoms. The molecule has 2 atom stereocenters. The van der Waals surface area contributed by atoms with E-state index in [1.54, 1.807) is 0 Å². The van der Waals surface area contributed by atoms with E-state index in [2.05, 4.69) is 57.7 Å². The fourth-order valence-corrected chi connectivity index (χ4v) is 2.50. The lowest BCUT2D eigenvalue weighted by molar-refractivity contribution is 0.169. The molecule has 0 saturated carbocycles. The van der Waals surface area contributed by atoms with Crippen LogP contribution in [0.5, 0.6) is 0 Å². The molecule has 0 amide bonds. The number of likely N-dealkylation sites (N-methyl/N-ethyl adjacent to an activating group) is 1. The van der Waals surface area contributed by atoms with Crippen LogP contribution in [0.1, 0.15) is 13.8 Å². The molecule has 1 saturated heterocycles. The van der Waals surface area contributed by atoms with Gasteiger partial charge in [0.2, 0.25) is 0 Å². The van der Waals surface area contributed by atoms with Gasteiger partial charge in [0.15, 0.2) is 0 Å². The number of pyridine rings is 1. The third kappa shape index (κ3) is 2.38. The molecule has 3 nitrogen and oxygen atoms in total. The van der Waals surface area contributed by atoms with E-state index in [1.807, 2.05) is 12.1 Å². The molecular weight excluding hydrogens is 266 g/mol. The lowest BCUT2D eigenvalue weighted by Crippen LogP contribution is -2.55. The van der Waals surface area contributed by atoms with Gasteiger partial charge in [-0.3, -0.25) is 4.90 Å². The molecule has 16 heavy (non-hydrogen) atoms. The Morgan fingerprint density at radius 1 is 1.25 bits per heavy atom. The Morgan fingerprint density at radius 3 is 2.44 bits per heavy atom. The van der Waals surface area contributed by atoms with Gasteiger partial charge in [0.05, 0.1) is 0 Å². The van der Waals surface area contributed by atoms with E-state index in [0.717, 1.165) is 23.5 Å². The number of hydrogen-bond donors (Lipinski definition) is 0. The van der Waals surface area contributed by atoms with Gasteiger partial charge in [-0.2, -0.15) is 0 Å². The summed E-state index contributed by atoms with van der Waals surface area (Å²) in [5.41, 5.74) is 0. The predicted octanol–water partition coefficient (Wildman–Crippen LogP) is 2.37. The predicted molar refractivity (Wildman–Crippen MR) is 70.8 cm³/mol. The molecule has 1 aromatic heterocycles. The third-order valence-corrected chi connectivity index (χ3v) is 3.83. The third-order valence-electron chi connectivity index (χ3n) is 3.38. The van der Waals surface area contributed by atoms with E-state index in [9.17, 15) is 0 Å². The van der Waals surface area contributed by atoms with Crippen molar-refractivity contribution < 1.29 is 0 Å². The van der Waals surface area contributed by atoms with Crippen LogP contribution in [-0.4, -0.2) is 42.1 Å². The number of hydrogen-bond acceptors (Lipinski definition) is 3. The zero-order valence-corrected chi connectivity index (χ0v) is 11.6. The lowest BCUT2D eigenvalue weighted by Gasteiger charge is -2.43. The molecule has 0 spiro atoms. The number of piperazine rings is 1. The zero-order chi connectivity index (χ0) is 11.7. The van der Waals surface area contributed by atoms with Crippen molar-refractivity contribution in [2.45, 2.75) is 25.9 Å². The Kier molecular flexibility index (Phi) is 3.50. The van der Waals surface area contributed by atoms with E-state index in [1.165, 1.54) is 0 Å². The highest BCUT2D eigenvalue weighted by Gasteiger charge is 2.26. The van der Waals surface area contributed by atoms with Crippen molar-refractivity contribution in [3.05, 3.63) is 22.8 Å². The summed E-state index contributed by atoms with van der Waals surface area (Å²) < 4.78 is 0.907. The molecule has 0 N–H and O–H groups in total. The van der Waals surface area contributed by atoms with E-state index in [-0.39, 0.29) is 0 Å². The average Bonchev–Trinajstić information content (AvgIpc) is 2.25. The zero-order valence-electron chi connectivity index (χ0n) is 10.0. The van der Waals surface area contributed by atoms with Crippen molar-refractivity contribution in [2.24, 2.45) is 0 Å². The number of rotatable bonds is 1. The van der Waals surface area contributed by atoms with Crippen molar-refractivity contribution in [1.82, 2.24) is 9.88 Å². The highest BCUT2D eigenvalue weighted by atomic mass is 79.9. The van der Waals surface area contributed by atoms with E-state index in [0.29, 0.717) is 12.1 Å². The highest BCUT2D eigenvalue weighted by molar-refractivity contribution is 9.10.